The maximum Gasteiger partial charge on any atom is 0.127 e. The van der Waals surface area contributed by atoms with Gasteiger partial charge in [-0.2, -0.15) is 0 Å². The summed E-state index contributed by atoms with van der Waals surface area (Å²) in [6, 6.07) is 0. The van der Waals surface area contributed by atoms with Crippen molar-refractivity contribution in [2.45, 2.75) is 154 Å². The highest BCUT2D eigenvalue weighted by atomic mass is 17.2. The van der Waals surface area contributed by atoms with Crippen LogP contribution in [0, 0.1) is 17.3 Å². The smallest absolute Gasteiger partial charge is 0.127 e. The van der Waals surface area contributed by atoms with Gasteiger partial charge in [0.05, 0.1) is 30.0 Å². The van der Waals surface area contributed by atoms with E-state index in [-0.39, 0.29) is 29.3 Å². The zero-order chi connectivity index (χ0) is 28.5. The fourth-order valence-corrected chi connectivity index (χ4v) is 6.62. The van der Waals surface area contributed by atoms with Crippen LogP contribution in [0.15, 0.2) is 23.8 Å². The average molecular weight is 537 g/mol. The van der Waals surface area contributed by atoms with Crippen molar-refractivity contribution < 1.29 is 34.6 Å². The normalized spacial score (nSPS) is 46.1. The van der Waals surface area contributed by atoms with E-state index in [4.69, 9.17) is 19.2 Å². The van der Waals surface area contributed by atoms with Gasteiger partial charge in [0.15, 0.2) is 0 Å². The van der Waals surface area contributed by atoms with E-state index in [1.165, 1.54) is 0 Å². The number of hydrogen-bond acceptors (Lipinski definition) is 7. The minimum absolute atomic E-state index is 0.0771. The van der Waals surface area contributed by atoms with E-state index in [1.54, 1.807) is 26.8 Å². The molecule has 9 unspecified atom stereocenters. The molecule has 0 spiro atoms. The largest absolute Gasteiger partial charge is 0.386 e. The maximum atomic E-state index is 11.3. The molecule has 218 valence electrons. The molecule has 2 saturated heterocycles. The molecular formula is C31H52O7. The lowest BCUT2D eigenvalue weighted by Crippen LogP contribution is -2.64. The maximum absolute atomic E-state index is 11.3. The minimum Gasteiger partial charge on any atom is -0.386 e. The Kier molecular flexibility index (Phi) is 7.88. The Morgan fingerprint density at radius 3 is 2.00 bits per heavy atom. The van der Waals surface area contributed by atoms with Crippen LogP contribution >= 0.6 is 0 Å². The number of hydrogen-bond donors (Lipinski definition) is 3. The van der Waals surface area contributed by atoms with Crippen LogP contribution in [-0.4, -0.2) is 68.2 Å². The Hall–Kier alpha value is -0.800. The molecule has 0 aromatic rings. The van der Waals surface area contributed by atoms with E-state index in [9.17, 15) is 15.3 Å². The Labute approximate surface area is 229 Å². The quantitative estimate of drug-likeness (QED) is 0.311. The molecule has 0 aromatic heterocycles. The van der Waals surface area contributed by atoms with Crippen LogP contribution < -0.4 is 0 Å². The number of aliphatic hydroxyl groups excluding tert-OH is 1. The summed E-state index contributed by atoms with van der Waals surface area (Å²) in [6.45, 7) is 22.6. The Bertz CT molecular complexity index is 921. The molecule has 2 aliphatic heterocycles. The molecule has 3 aliphatic carbocycles. The van der Waals surface area contributed by atoms with Gasteiger partial charge in [0.1, 0.15) is 22.9 Å². The SMILES string of the molecule is C=C1C(OC2CC3(C(C)C)CCC2(C)OO3)CC(C)(C(C)C)CC1OC1CC(C(C)(C)O)=CC(O)C1(C)O. The molecule has 2 bridgehead atoms. The molecule has 5 aliphatic rings. The average Bonchev–Trinajstić information content (AvgIpc) is 2.80. The summed E-state index contributed by atoms with van der Waals surface area (Å²) < 4.78 is 13.6. The highest BCUT2D eigenvalue weighted by molar-refractivity contribution is 5.26. The number of fused-ring (bicyclic) bond motifs is 3. The van der Waals surface area contributed by atoms with Crippen molar-refractivity contribution in [2.24, 2.45) is 17.3 Å². The molecule has 0 radical (unpaired) electrons. The highest BCUT2D eigenvalue weighted by Gasteiger charge is 2.59. The molecule has 9 atom stereocenters. The number of aliphatic hydroxyl groups is 3. The summed E-state index contributed by atoms with van der Waals surface area (Å²) in [6.07, 6.45) is 3.48. The van der Waals surface area contributed by atoms with Gasteiger partial charge in [-0.05, 0) is 81.8 Å². The molecule has 0 aromatic carbocycles. The topological polar surface area (TPSA) is 97.6 Å². The minimum atomic E-state index is -1.50. The second-order valence-corrected chi connectivity index (χ2v) is 14.5. The summed E-state index contributed by atoms with van der Waals surface area (Å²) in [5.41, 5.74) is -2.03. The third kappa shape index (κ3) is 5.29. The van der Waals surface area contributed by atoms with Crippen molar-refractivity contribution in [3.05, 3.63) is 23.8 Å². The zero-order valence-corrected chi connectivity index (χ0v) is 25.0. The van der Waals surface area contributed by atoms with E-state index in [0.29, 0.717) is 23.8 Å². The first kappa shape index (κ1) is 30.2. The van der Waals surface area contributed by atoms with Crippen molar-refractivity contribution in [1.29, 1.82) is 0 Å². The van der Waals surface area contributed by atoms with Crippen LogP contribution in [0.3, 0.4) is 0 Å². The lowest BCUT2D eigenvalue weighted by Gasteiger charge is -2.57. The van der Waals surface area contributed by atoms with Crippen molar-refractivity contribution in [2.75, 3.05) is 0 Å². The van der Waals surface area contributed by atoms with Gasteiger partial charge in [-0.1, -0.05) is 47.3 Å². The summed E-state index contributed by atoms with van der Waals surface area (Å²) in [7, 11) is 0. The summed E-state index contributed by atoms with van der Waals surface area (Å²) in [5.74, 6) is 0.681. The molecule has 3 N–H and O–H groups in total. The number of rotatable bonds is 7. The van der Waals surface area contributed by atoms with Gasteiger partial charge >= 0.3 is 0 Å². The Balaban J connectivity index is 1.59. The first-order valence-electron chi connectivity index (χ1n) is 14.5. The van der Waals surface area contributed by atoms with Gasteiger partial charge in [-0.25, -0.2) is 9.78 Å². The molecular weight excluding hydrogens is 484 g/mol. The van der Waals surface area contributed by atoms with Crippen LogP contribution in [0.2, 0.25) is 0 Å². The van der Waals surface area contributed by atoms with Crippen LogP contribution in [0.1, 0.15) is 101 Å². The summed E-state index contributed by atoms with van der Waals surface area (Å²) in [4.78, 5) is 11.9. The first-order chi connectivity index (χ1) is 17.3. The second kappa shape index (κ2) is 9.93. The lowest BCUT2D eigenvalue weighted by molar-refractivity contribution is -0.491. The molecule has 2 heterocycles. The number of ether oxygens (including phenoxy) is 2. The van der Waals surface area contributed by atoms with E-state index >= 15 is 0 Å². The Morgan fingerprint density at radius 2 is 1.53 bits per heavy atom. The van der Waals surface area contributed by atoms with Gasteiger partial charge in [0.2, 0.25) is 0 Å². The molecule has 7 heteroatoms. The van der Waals surface area contributed by atoms with Crippen molar-refractivity contribution in [3.63, 3.8) is 0 Å². The Morgan fingerprint density at radius 1 is 0.947 bits per heavy atom. The predicted octanol–water partition coefficient (Wildman–Crippen LogP) is 5.02. The fraction of sp³-hybridized carbons (Fsp3) is 0.871. The fourth-order valence-electron chi connectivity index (χ4n) is 6.62. The molecule has 4 fully saturated rings. The van der Waals surface area contributed by atoms with Gasteiger partial charge in [0, 0.05) is 12.8 Å². The van der Waals surface area contributed by atoms with Crippen molar-refractivity contribution >= 4 is 0 Å². The predicted molar refractivity (Wildman–Crippen MR) is 146 cm³/mol. The van der Waals surface area contributed by atoms with Crippen molar-refractivity contribution in [3.8, 4) is 0 Å². The van der Waals surface area contributed by atoms with Gasteiger partial charge in [-0.3, -0.25) is 0 Å². The van der Waals surface area contributed by atoms with E-state index < -0.39 is 29.0 Å². The van der Waals surface area contributed by atoms with Crippen LogP contribution in [0.5, 0.6) is 0 Å². The zero-order valence-electron chi connectivity index (χ0n) is 25.0. The van der Waals surface area contributed by atoms with E-state index in [2.05, 4.69) is 48.1 Å². The molecule has 7 nitrogen and oxygen atoms in total. The monoisotopic (exact) mass is 536 g/mol. The van der Waals surface area contributed by atoms with Crippen LogP contribution in [0.4, 0.5) is 0 Å². The van der Waals surface area contributed by atoms with Crippen LogP contribution in [0.25, 0.3) is 0 Å². The third-order valence-electron chi connectivity index (χ3n) is 10.7. The summed E-state index contributed by atoms with van der Waals surface area (Å²) >= 11 is 0. The standard InChI is InChI=1S/C31H52O7/c1-18(2)28(8)15-22(35-25-14-21(27(6,7)33)13-24(32)30(25,10)34)20(5)23(16-28)36-26-17-31(19(3)4)12-11-29(26,9)37-38-31/h13,18-19,22-26,32-34H,5,11-12,14-17H2,1-4,6-10H3. The van der Waals surface area contributed by atoms with Gasteiger partial charge in [0.25, 0.3) is 0 Å². The van der Waals surface area contributed by atoms with Crippen LogP contribution in [-0.2, 0) is 19.2 Å². The molecule has 2 saturated carbocycles. The molecule has 38 heavy (non-hydrogen) atoms. The third-order valence-corrected chi connectivity index (χ3v) is 10.7. The van der Waals surface area contributed by atoms with Gasteiger partial charge < -0.3 is 24.8 Å². The molecule has 0 amide bonds. The summed E-state index contributed by atoms with van der Waals surface area (Å²) in [5, 5.41) is 32.7. The second-order valence-electron chi connectivity index (χ2n) is 14.5. The van der Waals surface area contributed by atoms with Crippen molar-refractivity contribution in [1.82, 2.24) is 0 Å². The highest BCUT2D eigenvalue weighted by Crippen LogP contribution is 2.53. The molecule has 5 rings (SSSR count). The first-order valence-corrected chi connectivity index (χ1v) is 14.5. The van der Waals surface area contributed by atoms with E-state index in [0.717, 1.165) is 37.7 Å². The van der Waals surface area contributed by atoms with E-state index in [1.807, 2.05) is 0 Å². The van der Waals surface area contributed by atoms with Gasteiger partial charge in [-0.15, -0.1) is 0 Å². The lowest BCUT2D eigenvalue weighted by atomic mass is 9.64.